The number of hydrogen-bond donors (Lipinski definition) is 21. The minimum Gasteiger partial charge on any atom is -0.481 e. The number of rotatable bonds is 40. The molecule has 0 aliphatic carbocycles. The van der Waals surface area contributed by atoms with Gasteiger partial charge in [-0.3, -0.25) is 111 Å². The van der Waals surface area contributed by atoms with Crippen LogP contribution in [-0.4, -0.2) is 357 Å². The highest BCUT2D eigenvalue weighted by atomic mass is 16.4. The van der Waals surface area contributed by atoms with Gasteiger partial charge >= 0.3 is 29.8 Å². The highest BCUT2D eigenvalue weighted by molar-refractivity contribution is 6.00. The number of amides is 9. The van der Waals surface area contributed by atoms with E-state index in [-0.39, 0.29) is 196 Å². The molecular weight excluding hydrogens is 1820 g/mol. The molecule has 2 aliphatic rings. The van der Waals surface area contributed by atoms with Crippen LogP contribution in [0.5, 0.6) is 0 Å². The first-order valence-corrected chi connectivity index (χ1v) is 45.2. The molecule has 51 nitrogen and oxygen atoms in total. The van der Waals surface area contributed by atoms with E-state index in [1.807, 2.05) is 0 Å². The number of benzene rings is 2. The first-order valence-electron chi connectivity index (χ1n) is 45.2. The number of unbranched alkanes of at least 4 members (excludes halogenated alkanes) is 1. The van der Waals surface area contributed by atoms with Gasteiger partial charge in [-0.1, -0.05) is 35.5 Å². The number of nitrogens with one attached hydrogen (secondary N) is 13. The number of aliphatic hydroxyl groups is 2. The number of aliphatic carboxylic acids is 5. The van der Waals surface area contributed by atoms with Gasteiger partial charge in [0.15, 0.2) is 28.5 Å². The maximum atomic E-state index is 14.9. The molecule has 0 radical (unpaired) electrons. The summed E-state index contributed by atoms with van der Waals surface area (Å²) in [6.45, 7) is 0.764. The molecule has 2 bridgehead atoms. The number of Topliss-reactive ketones (excluding diaryl/α,β-unsaturated/α-hetero) is 3. The smallest absolute Gasteiger partial charge is 0.326 e. The number of nitrogens with two attached hydrogens (primary N) is 1. The monoisotopic (exact) mass is 1940 g/mol. The number of aromatic amines is 3. The molecule has 0 saturated carbocycles. The number of aliphatic hydroxyl groups excluding tert-OH is 2. The van der Waals surface area contributed by atoms with Gasteiger partial charge in [-0.25, -0.2) is 24.7 Å². The summed E-state index contributed by atoms with van der Waals surface area (Å²) < 4.78 is 1.34. The Hall–Kier alpha value is -14.8. The third kappa shape index (κ3) is 36.3. The molecule has 1 fully saturated rings. The van der Waals surface area contributed by atoms with E-state index in [4.69, 9.17) is 5.73 Å². The van der Waals surface area contributed by atoms with E-state index in [1.54, 1.807) is 62.1 Å². The van der Waals surface area contributed by atoms with Crippen molar-refractivity contribution in [1.82, 2.24) is 122 Å². The standard InChI is InChI=1S/C88H118N26O25/c1-50-78(128)101-63(81(131)95-41-62(117)32-55(30-52-10-4-3-5-11-52)79(129)102-64(87(138)139)13-6-8-20-92-71(121)43-110-22-24-111(44-72(122)123)26-28-113(46-74(126)127)29-27-112(25-23-110)45-73(124)125)12-7-9-21-114-42-60(108-109-114)36-65(100-70(120)19-16-54(86(136)137)33-68(118)53-14-17-57(18-15-53)93-39-61-40-94-77-76(99-61)85(135)107-88(89)106-77)82(132)103-66(35-59-38-91-49-97-59)83(133)104-67(47-115)69(119)34-56(31-58-37-90-48-96-58)80(130)105-75(51(2)116)84(134)98-50/h3-5,10-11,14-15,17-18,37-38,40,42,48-51,54-56,63-67,75,93,115-116H,6-9,12-13,16,19-36,39,41,43-47H2,1-2H3,(H,90,96)(H,91,97)(H,92,121)(H,95,131)(H,98,134)(H,100,120)(H,101,128)(H,102,129)(H,103,132)(H,104,133)(H,105,130)(H,122,123)(H,124,125)(H,126,127)(H,136,137)(H,138,139)(H3,89,94,106,107,135)/t50-,51+,54-,55-,56+,63+,64+,65+,66-,67-,75-/m1/s1. The first-order chi connectivity index (χ1) is 66.4. The SMILES string of the molecule is C[C@H](O)[C@H]1NC(=O)[C@@H](Cc2cnc[nH]2)CC(=O)[C@@H](CO)NC(=O)[C@@H](Cc2cnc[nH]2)NC(=O)[C@@H](NC(=O)CC[C@H](CC(=O)c2ccc(NCc3cnc4nc(N)[nH]c(=O)c4n3)cc2)C(=O)O)Cc2cn(nn2)CCCC[C@@H](C(=O)NCC(=O)C[C@@H](Cc2ccccc2)C(=O)N[C@@H](CCCCNC(=O)CN2CCN(CC(=O)O)CCN(CC(=O)O)CCN(CC(=O)O)CC2)C(=O)O)NC(=O)[C@@H](C)NC1=O. The largest absolute Gasteiger partial charge is 0.481 e. The van der Waals surface area contributed by atoms with Crippen LogP contribution in [0.25, 0.3) is 11.2 Å². The number of anilines is 2. The van der Waals surface area contributed by atoms with E-state index in [1.165, 1.54) is 61.2 Å². The number of nitrogen functional groups attached to an aromatic ring is 1. The maximum Gasteiger partial charge on any atom is 0.326 e. The van der Waals surface area contributed by atoms with Crippen molar-refractivity contribution in [3.63, 3.8) is 0 Å². The Morgan fingerprint density at radius 3 is 1.83 bits per heavy atom. The molecule has 139 heavy (non-hydrogen) atoms. The molecule has 9 amide bonds. The number of aromatic nitrogens is 11. The van der Waals surface area contributed by atoms with Crippen LogP contribution in [0.15, 0.2) is 96.8 Å². The number of aryl methyl sites for hydroxylation is 1. The first kappa shape index (κ1) is 108. The molecule has 750 valence electrons. The molecule has 0 spiro atoms. The van der Waals surface area contributed by atoms with Crippen molar-refractivity contribution in [2.24, 2.45) is 17.8 Å². The van der Waals surface area contributed by atoms with Crippen molar-refractivity contribution in [2.75, 3.05) is 109 Å². The van der Waals surface area contributed by atoms with Gasteiger partial charge in [0.1, 0.15) is 42.3 Å². The van der Waals surface area contributed by atoms with E-state index in [2.05, 4.69) is 103 Å². The number of H-pyrrole nitrogens is 3. The number of carbonyl (C=O) groups is 17. The number of imidazole rings is 2. The fourth-order valence-corrected chi connectivity index (χ4v) is 15.4. The summed E-state index contributed by atoms with van der Waals surface area (Å²) in [5.74, 6) is -21.2. The van der Waals surface area contributed by atoms with E-state index >= 15 is 0 Å². The Bertz CT molecular complexity index is 5420. The van der Waals surface area contributed by atoms with Crippen molar-refractivity contribution in [1.29, 1.82) is 0 Å². The average Bonchev–Trinajstić information content (AvgIpc) is 1.26. The predicted molar refractivity (Wildman–Crippen MR) is 488 cm³/mol. The van der Waals surface area contributed by atoms with Crippen LogP contribution >= 0.6 is 0 Å². The van der Waals surface area contributed by atoms with E-state index in [0.717, 1.165) is 6.92 Å². The van der Waals surface area contributed by atoms with Crippen molar-refractivity contribution in [3.8, 4) is 0 Å². The summed E-state index contributed by atoms with van der Waals surface area (Å²) in [6, 6.07) is 2.86. The molecule has 9 rings (SSSR count). The number of hydrogen-bond acceptors (Lipinski definition) is 33. The molecule has 5 aromatic heterocycles. The third-order valence-corrected chi connectivity index (χ3v) is 23.1. The summed E-state index contributed by atoms with van der Waals surface area (Å²) in [7, 11) is 0. The van der Waals surface area contributed by atoms with E-state index in [9.17, 15) is 122 Å². The fourth-order valence-electron chi connectivity index (χ4n) is 15.4. The third-order valence-electron chi connectivity index (χ3n) is 23.1. The van der Waals surface area contributed by atoms with Crippen LogP contribution < -0.4 is 64.5 Å². The second-order valence-corrected chi connectivity index (χ2v) is 34.0. The van der Waals surface area contributed by atoms with Crippen LogP contribution in [0.4, 0.5) is 11.6 Å². The summed E-state index contributed by atoms with van der Waals surface area (Å²) in [5.41, 5.74) is 7.17. The van der Waals surface area contributed by atoms with Crippen LogP contribution in [0.3, 0.4) is 0 Å². The average molecular weight is 1940 g/mol. The summed E-state index contributed by atoms with van der Waals surface area (Å²) in [4.78, 5) is 280. The lowest BCUT2D eigenvalue weighted by molar-refractivity contribution is -0.143. The Morgan fingerprint density at radius 2 is 1.24 bits per heavy atom. The minimum atomic E-state index is -1.85. The zero-order valence-corrected chi connectivity index (χ0v) is 76.6. The highest BCUT2D eigenvalue weighted by Gasteiger charge is 2.38. The lowest BCUT2D eigenvalue weighted by Crippen LogP contribution is -2.59. The van der Waals surface area contributed by atoms with Gasteiger partial charge in [0.2, 0.25) is 59.1 Å². The number of carboxylic acids is 5. The summed E-state index contributed by atoms with van der Waals surface area (Å²) in [5, 5.41) is 106. The predicted octanol–water partition coefficient (Wildman–Crippen LogP) is -4.95. The molecule has 1 saturated heterocycles. The number of carboxylic acid groups (broad SMARTS) is 5. The number of fused-ring (bicyclic) bond motifs is 3. The quantitative estimate of drug-likeness (QED) is 0.0126. The maximum absolute atomic E-state index is 14.9. The second kappa shape index (κ2) is 54.2. The van der Waals surface area contributed by atoms with Gasteiger partial charge in [0, 0.05) is 158 Å². The van der Waals surface area contributed by atoms with Crippen molar-refractivity contribution in [3.05, 3.63) is 136 Å². The molecule has 2 aliphatic heterocycles. The van der Waals surface area contributed by atoms with Crippen LogP contribution in [0, 0.1) is 17.8 Å². The zero-order valence-electron chi connectivity index (χ0n) is 76.6. The normalized spacial score (nSPS) is 19.8. The Balaban J connectivity index is 0.882. The molecule has 11 atom stereocenters. The number of nitrogens with zero attached hydrogens (tertiary/aromatic N) is 12. The van der Waals surface area contributed by atoms with Crippen molar-refractivity contribution < 1.29 is 117 Å². The summed E-state index contributed by atoms with van der Waals surface area (Å²) in [6.07, 6.45) is 2.35. The Morgan fingerprint density at radius 1 is 0.612 bits per heavy atom. The molecule has 7 aromatic rings. The van der Waals surface area contributed by atoms with Gasteiger partial charge in [-0.15, -0.1) is 5.10 Å². The molecule has 22 N–H and O–H groups in total. The molecule has 7 heterocycles. The van der Waals surface area contributed by atoms with Crippen molar-refractivity contribution in [2.45, 2.75) is 172 Å². The molecule has 2 aromatic carbocycles. The Labute approximate surface area is 794 Å². The minimum absolute atomic E-state index is 0.0146. The molecular formula is C88H118N26O25. The van der Waals surface area contributed by atoms with E-state index in [0.29, 0.717) is 16.9 Å². The number of carbonyl (C=O) groups excluding carboxylic acids is 12. The lowest BCUT2D eigenvalue weighted by atomic mass is 9.92. The summed E-state index contributed by atoms with van der Waals surface area (Å²) >= 11 is 0. The van der Waals surface area contributed by atoms with Gasteiger partial charge in [-0.2, -0.15) is 4.98 Å². The topological polar surface area (TPSA) is 751 Å². The van der Waals surface area contributed by atoms with Crippen LogP contribution in [0.2, 0.25) is 0 Å². The lowest BCUT2D eigenvalue weighted by Gasteiger charge is -2.32. The zero-order chi connectivity index (χ0) is 101. The molecule has 51 heteroatoms. The van der Waals surface area contributed by atoms with Gasteiger partial charge < -0.3 is 105 Å². The molecule has 0 unspecified atom stereocenters. The number of ketones is 3. The van der Waals surface area contributed by atoms with Gasteiger partial charge in [0.25, 0.3) is 5.56 Å². The van der Waals surface area contributed by atoms with E-state index < -0.39 is 224 Å². The van der Waals surface area contributed by atoms with Crippen molar-refractivity contribution >= 4 is 123 Å². The van der Waals surface area contributed by atoms with Crippen LogP contribution in [0.1, 0.15) is 123 Å². The van der Waals surface area contributed by atoms with Gasteiger partial charge in [0.05, 0.1) is 94.1 Å². The fraction of sp³-hybridized carbons (Fsp3) is 0.511. The highest BCUT2D eigenvalue weighted by Crippen LogP contribution is 2.22. The second-order valence-electron chi connectivity index (χ2n) is 34.0. The van der Waals surface area contributed by atoms with Crippen LogP contribution in [-0.2, 0) is 115 Å². The van der Waals surface area contributed by atoms with Gasteiger partial charge in [-0.05, 0) is 95.0 Å². The Kier molecular flexibility index (Phi) is 42.0.